The summed E-state index contributed by atoms with van der Waals surface area (Å²) in [5, 5.41) is 3.24. The van der Waals surface area contributed by atoms with Crippen LogP contribution in [0.3, 0.4) is 0 Å². The summed E-state index contributed by atoms with van der Waals surface area (Å²) in [6.07, 6.45) is -4.52. The number of aromatic nitrogens is 1. The molecule has 5 nitrogen and oxygen atoms in total. The van der Waals surface area contributed by atoms with E-state index in [1.165, 1.54) is 12.1 Å². The lowest BCUT2D eigenvalue weighted by Crippen LogP contribution is -2.10. The Morgan fingerprint density at radius 2 is 2.04 bits per heavy atom. The van der Waals surface area contributed by atoms with Crippen LogP contribution in [0.1, 0.15) is 23.0 Å². The van der Waals surface area contributed by atoms with Gasteiger partial charge in [0.1, 0.15) is 0 Å². The summed E-state index contributed by atoms with van der Waals surface area (Å²) in [4.78, 5) is 16.5. The van der Waals surface area contributed by atoms with E-state index in [-0.39, 0.29) is 16.4 Å². The summed E-state index contributed by atoms with van der Waals surface area (Å²) in [5.41, 5.74) is -0.608. The topological polar surface area (TPSA) is 64.4 Å². The minimum atomic E-state index is -4.52. The highest BCUT2D eigenvalue weighted by atomic mass is 32.1. The first-order valence-electron chi connectivity index (χ1n) is 8.30. The van der Waals surface area contributed by atoms with Crippen molar-refractivity contribution in [3.63, 3.8) is 0 Å². The van der Waals surface area contributed by atoms with E-state index < -0.39 is 17.6 Å². The zero-order valence-electron chi connectivity index (χ0n) is 14.5. The fourth-order valence-electron chi connectivity index (χ4n) is 2.81. The van der Waals surface area contributed by atoms with E-state index in [1.54, 1.807) is 24.3 Å². The molecule has 0 aliphatic heterocycles. The molecular formula is C19H13F3N2O3S. The van der Waals surface area contributed by atoms with Crippen LogP contribution < -0.4 is 10.1 Å². The van der Waals surface area contributed by atoms with E-state index >= 15 is 0 Å². The van der Waals surface area contributed by atoms with Gasteiger partial charge in [-0.05, 0) is 31.2 Å². The van der Waals surface area contributed by atoms with E-state index in [2.05, 4.69) is 10.3 Å². The highest BCUT2D eigenvalue weighted by Crippen LogP contribution is 2.37. The number of benzene rings is 2. The summed E-state index contributed by atoms with van der Waals surface area (Å²) >= 11 is 0.959. The van der Waals surface area contributed by atoms with Crippen LogP contribution in [0.25, 0.3) is 21.2 Å². The highest BCUT2D eigenvalue weighted by Gasteiger charge is 2.33. The fourth-order valence-corrected chi connectivity index (χ4v) is 3.69. The minimum Gasteiger partial charge on any atom is -0.490 e. The number of nitrogens with zero attached hydrogens (tertiary/aromatic N) is 1. The van der Waals surface area contributed by atoms with Gasteiger partial charge >= 0.3 is 6.18 Å². The Bertz CT molecular complexity index is 1180. The second kappa shape index (κ2) is 6.83. The van der Waals surface area contributed by atoms with Crippen molar-refractivity contribution < 1.29 is 27.1 Å². The number of para-hydroxylation sites is 2. The maximum absolute atomic E-state index is 13.1. The smallest absolute Gasteiger partial charge is 0.418 e. The Labute approximate surface area is 160 Å². The normalized spacial score (nSPS) is 11.9. The molecule has 1 N–H and O–H groups in total. The van der Waals surface area contributed by atoms with Gasteiger partial charge in [0.25, 0.3) is 5.91 Å². The summed E-state index contributed by atoms with van der Waals surface area (Å²) < 4.78 is 50.8. The van der Waals surface area contributed by atoms with Crippen molar-refractivity contribution in [3.05, 3.63) is 53.8 Å². The lowest BCUT2D eigenvalue weighted by atomic mass is 10.2. The fraction of sp³-hybridized carbons (Fsp3) is 0.158. The van der Waals surface area contributed by atoms with Crippen molar-refractivity contribution in [2.45, 2.75) is 13.1 Å². The van der Waals surface area contributed by atoms with Crippen LogP contribution in [0.4, 0.5) is 18.3 Å². The lowest BCUT2D eigenvalue weighted by Gasteiger charge is -2.06. The van der Waals surface area contributed by atoms with Crippen molar-refractivity contribution in [2.24, 2.45) is 0 Å². The molecule has 0 spiro atoms. The Balaban J connectivity index is 1.65. The molecule has 2 aromatic heterocycles. The zero-order chi connectivity index (χ0) is 19.9. The Morgan fingerprint density at radius 1 is 1.25 bits per heavy atom. The van der Waals surface area contributed by atoms with Crippen molar-refractivity contribution >= 4 is 43.6 Å². The van der Waals surface area contributed by atoms with Crippen LogP contribution in [-0.4, -0.2) is 17.5 Å². The number of rotatable bonds is 4. The first-order chi connectivity index (χ1) is 13.4. The molecule has 144 valence electrons. The molecule has 2 heterocycles. The second-order valence-corrected chi connectivity index (χ2v) is 6.87. The Hall–Kier alpha value is -3.07. The van der Waals surface area contributed by atoms with E-state index in [0.717, 1.165) is 17.4 Å². The van der Waals surface area contributed by atoms with Gasteiger partial charge < -0.3 is 9.15 Å². The van der Waals surface area contributed by atoms with Gasteiger partial charge in [-0.15, -0.1) is 0 Å². The first kappa shape index (κ1) is 18.3. The van der Waals surface area contributed by atoms with Gasteiger partial charge in [-0.3, -0.25) is 10.1 Å². The zero-order valence-corrected chi connectivity index (χ0v) is 15.3. The van der Waals surface area contributed by atoms with Gasteiger partial charge in [0.15, 0.2) is 22.2 Å². The number of fused-ring (bicyclic) bond motifs is 2. The SMILES string of the molecule is CCOc1cccc2cc(C(=O)Nc3nc4c(C(F)(F)F)cccc4s3)oc12. The molecule has 0 aliphatic carbocycles. The molecule has 2 aromatic carbocycles. The molecule has 4 aromatic rings. The van der Waals surface area contributed by atoms with Gasteiger partial charge in [0.2, 0.25) is 0 Å². The number of anilines is 1. The number of furan rings is 1. The minimum absolute atomic E-state index is 0.0115. The molecule has 0 fully saturated rings. The van der Waals surface area contributed by atoms with Crippen molar-refractivity contribution in [1.29, 1.82) is 0 Å². The molecular weight excluding hydrogens is 393 g/mol. The molecule has 0 saturated carbocycles. The molecule has 0 aliphatic rings. The predicted molar refractivity (Wildman–Crippen MR) is 100.0 cm³/mol. The highest BCUT2D eigenvalue weighted by molar-refractivity contribution is 7.22. The number of nitrogens with one attached hydrogen (secondary N) is 1. The van der Waals surface area contributed by atoms with Crippen molar-refractivity contribution in [2.75, 3.05) is 11.9 Å². The van der Waals surface area contributed by atoms with Gasteiger partial charge in [0, 0.05) is 5.39 Å². The van der Waals surface area contributed by atoms with Crippen LogP contribution in [0, 0.1) is 0 Å². The number of alkyl halides is 3. The average Bonchev–Trinajstić information content (AvgIpc) is 3.24. The number of hydrogen-bond acceptors (Lipinski definition) is 5. The molecule has 0 saturated heterocycles. The van der Waals surface area contributed by atoms with Gasteiger partial charge in [0.05, 0.1) is 22.4 Å². The quantitative estimate of drug-likeness (QED) is 0.471. The van der Waals surface area contributed by atoms with E-state index in [1.807, 2.05) is 6.92 Å². The molecule has 0 radical (unpaired) electrons. The van der Waals surface area contributed by atoms with Crippen molar-refractivity contribution in [1.82, 2.24) is 4.98 Å². The van der Waals surface area contributed by atoms with E-state index in [4.69, 9.17) is 9.15 Å². The first-order valence-corrected chi connectivity index (χ1v) is 9.12. The summed E-state index contributed by atoms with van der Waals surface area (Å²) in [6, 6.07) is 10.6. The Kier molecular flexibility index (Phi) is 4.46. The molecule has 0 atom stereocenters. The Morgan fingerprint density at radius 3 is 2.79 bits per heavy atom. The van der Waals surface area contributed by atoms with Crippen LogP contribution in [0.15, 0.2) is 46.9 Å². The van der Waals surface area contributed by atoms with Gasteiger partial charge in [-0.2, -0.15) is 13.2 Å². The molecule has 28 heavy (non-hydrogen) atoms. The molecule has 4 rings (SSSR count). The van der Waals surface area contributed by atoms with E-state index in [0.29, 0.717) is 28.0 Å². The number of hydrogen-bond donors (Lipinski definition) is 1. The second-order valence-electron chi connectivity index (χ2n) is 5.84. The lowest BCUT2D eigenvalue weighted by molar-refractivity contribution is -0.136. The number of carbonyl (C=O) groups excluding carboxylic acids is 1. The van der Waals surface area contributed by atoms with Crippen molar-refractivity contribution in [3.8, 4) is 5.75 Å². The average molecular weight is 406 g/mol. The largest absolute Gasteiger partial charge is 0.490 e. The predicted octanol–water partition coefficient (Wildman–Crippen LogP) is 5.71. The van der Waals surface area contributed by atoms with Gasteiger partial charge in [-0.25, -0.2) is 4.98 Å². The maximum Gasteiger partial charge on any atom is 0.418 e. The number of thiazole rings is 1. The standard InChI is InChI=1S/C19H13F3N2O3S/c1-2-26-12-7-3-5-10-9-13(27-16(10)12)17(25)24-18-23-15-11(19(20,21)22)6-4-8-14(15)28-18/h3-9H,2H2,1H3,(H,23,24,25). The third-order valence-electron chi connectivity index (χ3n) is 3.98. The third-order valence-corrected chi connectivity index (χ3v) is 4.91. The third kappa shape index (κ3) is 3.29. The monoisotopic (exact) mass is 406 g/mol. The van der Waals surface area contributed by atoms with E-state index in [9.17, 15) is 18.0 Å². The van der Waals surface area contributed by atoms with Crippen LogP contribution in [0.2, 0.25) is 0 Å². The number of ether oxygens (including phenoxy) is 1. The van der Waals surface area contributed by atoms with Crippen LogP contribution >= 0.6 is 11.3 Å². The molecule has 9 heteroatoms. The van der Waals surface area contributed by atoms with Gasteiger partial charge in [-0.1, -0.05) is 29.5 Å². The molecule has 0 bridgehead atoms. The maximum atomic E-state index is 13.1. The molecule has 1 amide bonds. The summed E-state index contributed by atoms with van der Waals surface area (Å²) in [5.74, 6) is -0.0856. The summed E-state index contributed by atoms with van der Waals surface area (Å²) in [7, 11) is 0. The number of amides is 1. The van der Waals surface area contributed by atoms with Crippen LogP contribution in [0.5, 0.6) is 5.75 Å². The number of carbonyl (C=O) groups is 1. The number of halogens is 3. The molecule has 0 unspecified atom stereocenters. The summed E-state index contributed by atoms with van der Waals surface area (Å²) in [6.45, 7) is 2.27. The van der Waals surface area contributed by atoms with Crippen LogP contribution in [-0.2, 0) is 6.18 Å².